The van der Waals surface area contributed by atoms with Gasteiger partial charge in [-0.1, -0.05) is 44.9 Å². The normalized spacial score (nSPS) is 24.2. The van der Waals surface area contributed by atoms with Crippen LogP contribution in [0.2, 0.25) is 0 Å². The van der Waals surface area contributed by atoms with Gasteiger partial charge < -0.3 is 10.4 Å². The van der Waals surface area contributed by atoms with Crippen LogP contribution >= 0.6 is 0 Å². The van der Waals surface area contributed by atoms with Crippen molar-refractivity contribution in [1.82, 2.24) is 0 Å². The predicted octanol–water partition coefficient (Wildman–Crippen LogP) is 3.81. The minimum atomic E-state index is 0.115. The van der Waals surface area contributed by atoms with Gasteiger partial charge in [-0.3, -0.25) is 0 Å². The molecule has 0 heterocycles. The van der Waals surface area contributed by atoms with E-state index >= 15 is 0 Å². The number of hydrogen-bond donors (Lipinski definition) is 2. The van der Waals surface area contributed by atoms with Crippen molar-refractivity contribution >= 4 is 5.69 Å². The topological polar surface area (TPSA) is 32.3 Å². The lowest BCUT2D eigenvalue weighted by Crippen LogP contribution is -2.29. The Labute approximate surface area is 110 Å². The van der Waals surface area contributed by atoms with Crippen LogP contribution in [-0.4, -0.2) is 11.1 Å². The van der Waals surface area contributed by atoms with E-state index in [-0.39, 0.29) is 6.61 Å². The molecule has 0 amide bonds. The Morgan fingerprint density at radius 3 is 2.78 bits per heavy atom. The molecule has 2 heteroatoms. The minimum absolute atomic E-state index is 0.115. The first-order chi connectivity index (χ1) is 8.70. The van der Waals surface area contributed by atoms with Gasteiger partial charge in [0, 0.05) is 17.3 Å². The first-order valence-corrected chi connectivity index (χ1v) is 7.16. The molecule has 2 unspecified atom stereocenters. The van der Waals surface area contributed by atoms with Crippen LogP contribution in [0.3, 0.4) is 0 Å². The van der Waals surface area contributed by atoms with Gasteiger partial charge in [-0.15, -0.1) is 0 Å². The van der Waals surface area contributed by atoms with Crippen molar-refractivity contribution in [2.45, 2.75) is 52.2 Å². The molecule has 0 aliphatic heterocycles. The summed E-state index contributed by atoms with van der Waals surface area (Å²) in [5, 5.41) is 13.0. The van der Waals surface area contributed by atoms with Crippen LogP contribution in [0.5, 0.6) is 0 Å². The summed E-state index contributed by atoms with van der Waals surface area (Å²) in [6.45, 7) is 4.77. The zero-order chi connectivity index (χ0) is 13.0. The Morgan fingerprint density at radius 2 is 2.06 bits per heavy atom. The average Bonchev–Trinajstić information content (AvgIpc) is 2.39. The highest BCUT2D eigenvalue weighted by Crippen LogP contribution is 2.32. The summed E-state index contributed by atoms with van der Waals surface area (Å²) < 4.78 is 0. The third-order valence-electron chi connectivity index (χ3n) is 4.20. The molecule has 0 bridgehead atoms. The quantitative estimate of drug-likeness (QED) is 0.848. The summed E-state index contributed by atoms with van der Waals surface area (Å²) in [7, 11) is 0. The van der Waals surface area contributed by atoms with Crippen molar-refractivity contribution in [3.8, 4) is 0 Å². The standard InChI is InChI=1S/C16H25NO/c1-12(2)13-7-5-8-15(10-13)17-16-9-4-3-6-14(16)11-18/h3-4,6,9,12-13,15,17-18H,5,7-8,10-11H2,1-2H3. The van der Waals surface area contributed by atoms with Crippen molar-refractivity contribution in [2.75, 3.05) is 5.32 Å². The van der Waals surface area contributed by atoms with E-state index in [0.29, 0.717) is 6.04 Å². The van der Waals surface area contributed by atoms with Crippen LogP contribution in [0.25, 0.3) is 0 Å². The number of para-hydroxylation sites is 1. The summed E-state index contributed by atoms with van der Waals surface area (Å²) in [6.07, 6.45) is 5.21. The molecule has 2 N–H and O–H groups in total. The second-order valence-corrected chi connectivity index (χ2v) is 5.83. The van der Waals surface area contributed by atoms with E-state index in [1.54, 1.807) is 0 Å². The van der Waals surface area contributed by atoms with E-state index in [1.165, 1.54) is 25.7 Å². The Morgan fingerprint density at radius 1 is 1.28 bits per heavy atom. The maximum absolute atomic E-state index is 9.35. The van der Waals surface area contributed by atoms with Crippen LogP contribution in [-0.2, 0) is 6.61 Å². The summed E-state index contributed by atoms with van der Waals surface area (Å²) in [5.41, 5.74) is 2.11. The van der Waals surface area contributed by atoms with Gasteiger partial charge in [-0.05, 0) is 30.7 Å². The zero-order valence-electron chi connectivity index (χ0n) is 11.5. The van der Waals surface area contributed by atoms with Crippen molar-refractivity contribution in [3.63, 3.8) is 0 Å². The number of aliphatic hydroxyl groups excluding tert-OH is 1. The van der Waals surface area contributed by atoms with E-state index in [0.717, 1.165) is 23.1 Å². The van der Waals surface area contributed by atoms with Crippen LogP contribution in [0.4, 0.5) is 5.69 Å². The molecule has 1 fully saturated rings. The highest BCUT2D eigenvalue weighted by molar-refractivity contribution is 5.51. The van der Waals surface area contributed by atoms with Gasteiger partial charge in [-0.25, -0.2) is 0 Å². The van der Waals surface area contributed by atoms with E-state index < -0.39 is 0 Å². The first-order valence-electron chi connectivity index (χ1n) is 7.16. The molecule has 0 spiro atoms. The van der Waals surface area contributed by atoms with Gasteiger partial charge in [0.05, 0.1) is 6.61 Å². The summed E-state index contributed by atoms with van der Waals surface area (Å²) in [4.78, 5) is 0. The number of rotatable bonds is 4. The van der Waals surface area contributed by atoms with Crippen molar-refractivity contribution in [2.24, 2.45) is 11.8 Å². The van der Waals surface area contributed by atoms with Gasteiger partial charge in [0.1, 0.15) is 0 Å². The first kappa shape index (κ1) is 13.4. The second kappa shape index (κ2) is 6.24. The highest BCUT2D eigenvalue weighted by atomic mass is 16.3. The van der Waals surface area contributed by atoms with Crippen molar-refractivity contribution < 1.29 is 5.11 Å². The molecule has 2 rings (SSSR count). The molecular weight excluding hydrogens is 222 g/mol. The van der Waals surface area contributed by atoms with E-state index in [9.17, 15) is 5.11 Å². The largest absolute Gasteiger partial charge is 0.392 e. The molecule has 1 aromatic rings. The number of anilines is 1. The molecule has 0 radical (unpaired) electrons. The molecule has 2 nitrogen and oxygen atoms in total. The third kappa shape index (κ3) is 3.26. The fraction of sp³-hybridized carbons (Fsp3) is 0.625. The number of nitrogens with one attached hydrogen (secondary N) is 1. The van der Waals surface area contributed by atoms with E-state index in [4.69, 9.17) is 0 Å². The smallest absolute Gasteiger partial charge is 0.0701 e. The van der Waals surface area contributed by atoms with Gasteiger partial charge in [0.15, 0.2) is 0 Å². The molecule has 1 aliphatic carbocycles. The maximum Gasteiger partial charge on any atom is 0.0701 e. The molecule has 18 heavy (non-hydrogen) atoms. The fourth-order valence-electron chi connectivity index (χ4n) is 2.98. The predicted molar refractivity (Wildman–Crippen MR) is 76.6 cm³/mol. The molecule has 1 aliphatic rings. The van der Waals surface area contributed by atoms with Crippen LogP contribution in [0.15, 0.2) is 24.3 Å². The fourth-order valence-corrected chi connectivity index (χ4v) is 2.98. The highest BCUT2D eigenvalue weighted by Gasteiger charge is 2.24. The number of hydrogen-bond acceptors (Lipinski definition) is 2. The van der Waals surface area contributed by atoms with Crippen LogP contribution in [0, 0.1) is 11.8 Å². The number of benzene rings is 1. The summed E-state index contributed by atoms with van der Waals surface area (Å²) >= 11 is 0. The molecule has 1 aromatic carbocycles. The summed E-state index contributed by atoms with van der Waals surface area (Å²) in [5.74, 6) is 1.63. The van der Waals surface area contributed by atoms with Crippen molar-refractivity contribution in [1.29, 1.82) is 0 Å². The molecular formula is C16H25NO. The SMILES string of the molecule is CC(C)C1CCCC(Nc2ccccc2CO)C1. The Hall–Kier alpha value is -1.02. The zero-order valence-corrected chi connectivity index (χ0v) is 11.5. The lowest BCUT2D eigenvalue weighted by Gasteiger charge is -2.33. The van der Waals surface area contributed by atoms with Crippen LogP contribution < -0.4 is 5.32 Å². The maximum atomic E-state index is 9.35. The Bertz CT molecular complexity index is 375. The molecule has 100 valence electrons. The minimum Gasteiger partial charge on any atom is -0.392 e. The van der Waals surface area contributed by atoms with E-state index in [1.807, 2.05) is 18.2 Å². The third-order valence-corrected chi connectivity index (χ3v) is 4.20. The van der Waals surface area contributed by atoms with Gasteiger partial charge in [0.2, 0.25) is 0 Å². The monoisotopic (exact) mass is 247 g/mol. The van der Waals surface area contributed by atoms with Crippen molar-refractivity contribution in [3.05, 3.63) is 29.8 Å². The molecule has 2 atom stereocenters. The van der Waals surface area contributed by atoms with Gasteiger partial charge in [0.25, 0.3) is 0 Å². The van der Waals surface area contributed by atoms with Gasteiger partial charge >= 0.3 is 0 Å². The lowest BCUT2D eigenvalue weighted by atomic mass is 9.79. The van der Waals surface area contributed by atoms with Crippen LogP contribution in [0.1, 0.15) is 45.1 Å². The number of aliphatic hydroxyl groups is 1. The Kier molecular flexibility index (Phi) is 4.65. The lowest BCUT2D eigenvalue weighted by molar-refractivity contribution is 0.263. The molecule has 0 saturated heterocycles. The Balaban J connectivity index is 2.00. The van der Waals surface area contributed by atoms with E-state index in [2.05, 4.69) is 25.2 Å². The molecule has 1 saturated carbocycles. The second-order valence-electron chi connectivity index (χ2n) is 5.83. The average molecular weight is 247 g/mol. The molecule has 0 aromatic heterocycles. The summed E-state index contributed by atoms with van der Waals surface area (Å²) in [6, 6.07) is 8.65. The van der Waals surface area contributed by atoms with Gasteiger partial charge in [-0.2, -0.15) is 0 Å².